The van der Waals surface area contributed by atoms with Crippen molar-refractivity contribution in [3.8, 4) is 10.6 Å². The van der Waals surface area contributed by atoms with Gasteiger partial charge < -0.3 is 5.32 Å². The van der Waals surface area contributed by atoms with Crippen LogP contribution in [0.25, 0.3) is 20.8 Å². The van der Waals surface area contributed by atoms with Crippen LogP contribution in [0.2, 0.25) is 0 Å². The van der Waals surface area contributed by atoms with Gasteiger partial charge in [-0.3, -0.25) is 0 Å². The molecule has 0 amide bonds. The normalized spacial score (nSPS) is 18.6. The van der Waals surface area contributed by atoms with Gasteiger partial charge in [-0.1, -0.05) is 36.4 Å². The molecule has 1 unspecified atom stereocenters. The highest BCUT2D eigenvalue weighted by Crippen LogP contribution is 2.33. The molecule has 1 saturated heterocycles. The van der Waals surface area contributed by atoms with Crippen LogP contribution < -0.4 is 5.32 Å². The Kier molecular flexibility index (Phi) is 3.92. The summed E-state index contributed by atoms with van der Waals surface area (Å²) >= 11 is 1.80. The highest BCUT2D eigenvalue weighted by molar-refractivity contribution is 7.21. The van der Waals surface area contributed by atoms with Gasteiger partial charge in [0.25, 0.3) is 0 Å². The lowest BCUT2D eigenvalue weighted by molar-refractivity contribution is 0.376. The third kappa shape index (κ3) is 2.79. The number of rotatable bonds is 3. The molecule has 2 aromatic carbocycles. The van der Waals surface area contributed by atoms with E-state index in [1.807, 2.05) is 0 Å². The summed E-state index contributed by atoms with van der Waals surface area (Å²) < 4.78 is 1.27. The van der Waals surface area contributed by atoms with Gasteiger partial charge in [0, 0.05) is 5.56 Å². The summed E-state index contributed by atoms with van der Waals surface area (Å²) in [7, 11) is 0. The Morgan fingerprint density at radius 2 is 1.95 bits per heavy atom. The minimum absolute atomic E-state index is 0.754. The maximum absolute atomic E-state index is 4.84. The Hall–Kier alpha value is -1.71. The smallest absolute Gasteiger partial charge is 0.124 e. The minimum Gasteiger partial charge on any atom is -0.316 e. The number of benzene rings is 2. The zero-order valence-electron chi connectivity index (χ0n) is 12.6. The first-order valence-corrected chi connectivity index (χ1v) is 8.86. The lowest BCUT2D eigenvalue weighted by Gasteiger charge is -2.23. The van der Waals surface area contributed by atoms with E-state index in [0.29, 0.717) is 0 Å². The van der Waals surface area contributed by atoms with Gasteiger partial charge in [-0.25, -0.2) is 4.98 Å². The van der Waals surface area contributed by atoms with E-state index < -0.39 is 0 Å². The summed E-state index contributed by atoms with van der Waals surface area (Å²) in [5, 5.41) is 4.68. The molecule has 2 nitrogen and oxygen atoms in total. The summed E-state index contributed by atoms with van der Waals surface area (Å²) in [4.78, 5) is 4.84. The number of para-hydroxylation sites is 1. The number of fused-ring (bicyclic) bond motifs is 1. The second-order valence-electron chi connectivity index (χ2n) is 6.06. The predicted molar refractivity (Wildman–Crippen MR) is 94.4 cm³/mol. The highest BCUT2D eigenvalue weighted by atomic mass is 32.1. The third-order valence-electron chi connectivity index (χ3n) is 4.45. The zero-order valence-corrected chi connectivity index (χ0v) is 13.4. The molecular weight excluding hydrogens is 288 g/mol. The van der Waals surface area contributed by atoms with E-state index in [4.69, 9.17) is 4.98 Å². The number of hydrogen-bond acceptors (Lipinski definition) is 3. The molecule has 0 aliphatic carbocycles. The number of nitrogens with one attached hydrogen (secondary N) is 1. The lowest BCUT2D eigenvalue weighted by Crippen LogP contribution is -2.30. The van der Waals surface area contributed by atoms with Gasteiger partial charge in [-0.2, -0.15) is 0 Å². The molecule has 0 saturated carbocycles. The van der Waals surface area contributed by atoms with Crippen LogP contribution in [0.3, 0.4) is 0 Å². The average Bonchev–Trinajstić information content (AvgIpc) is 3.00. The summed E-state index contributed by atoms with van der Waals surface area (Å²) in [6.07, 6.45) is 3.79. The first kappa shape index (κ1) is 13.9. The number of hydrogen-bond donors (Lipinski definition) is 1. The molecule has 1 aliphatic rings. The van der Waals surface area contributed by atoms with E-state index in [1.165, 1.54) is 35.2 Å². The Morgan fingerprint density at radius 1 is 1.09 bits per heavy atom. The van der Waals surface area contributed by atoms with Gasteiger partial charge in [-0.15, -0.1) is 11.3 Å². The molecule has 1 aliphatic heterocycles. The lowest BCUT2D eigenvalue weighted by atomic mass is 9.90. The maximum atomic E-state index is 4.84. The van der Waals surface area contributed by atoms with Crippen LogP contribution in [0.15, 0.2) is 48.5 Å². The average molecular weight is 308 g/mol. The SMILES string of the molecule is c1ccc(-c2nc3ccccc3s2)c(CC2CCCNC2)c1. The van der Waals surface area contributed by atoms with Crippen molar-refractivity contribution in [3.63, 3.8) is 0 Å². The first-order valence-electron chi connectivity index (χ1n) is 8.05. The Labute approximate surface area is 135 Å². The standard InChI is InChI=1S/C19H20N2S/c1-2-8-16(15(7-1)12-14-6-5-11-20-13-14)19-21-17-9-3-4-10-18(17)22-19/h1-4,7-10,14,20H,5-6,11-13H2. The third-order valence-corrected chi connectivity index (χ3v) is 5.52. The zero-order chi connectivity index (χ0) is 14.8. The van der Waals surface area contributed by atoms with Crippen molar-refractivity contribution in [1.82, 2.24) is 10.3 Å². The van der Waals surface area contributed by atoms with E-state index in [-0.39, 0.29) is 0 Å². The molecular formula is C19H20N2S. The van der Waals surface area contributed by atoms with E-state index in [9.17, 15) is 0 Å². The van der Waals surface area contributed by atoms with Crippen LogP contribution in [-0.2, 0) is 6.42 Å². The van der Waals surface area contributed by atoms with Crippen molar-refractivity contribution in [2.75, 3.05) is 13.1 Å². The van der Waals surface area contributed by atoms with Crippen LogP contribution in [0.1, 0.15) is 18.4 Å². The molecule has 1 aromatic heterocycles. The van der Waals surface area contributed by atoms with Crippen LogP contribution in [0.5, 0.6) is 0 Å². The fraction of sp³-hybridized carbons (Fsp3) is 0.316. The Bertz CT molecular complexity index is 739. The van der Waals surface area contributed by atoms with Gasteiger partial charge in [0.1, 0.15) is 5.01 Å². The highest BCUT2D eigenvalue weighted by Gasteiger charge is 2.17. The number of thiazole rings is 1. The van der Waals surface area contributed by atoms with E-state index in [2.05, 4.69) is 53.8 Å². The molecule has 1 fully saturated rings. The minimum atomic E-state index is 0.754. The molecule has 1 N–H and O–H groups in total. The second-order valence-corrected chi connectivity index (χ2v) is 7.09. The summed E-state index contributed by atoms with van der Waals surface area (Å²) in [5.41, 5.74) is 3.86. The molecule has 0 radical (unpaired) electrons. The first-order chi connectivity index (χ1) is 10.9. The summed E-state index contributed by atoms with van der Waals surface area (Å²) in [5.74, 6) is 0.754. The topological polar surface area (TPSA) is 24.9 Å². The van der Waals surface area contributed by atoms with Crippen LogP contribution in [0, 0.1) is 5.92 Å². The Balaban J connectivity index is 1.68. The van der Waals surface area contributed by atoms with Crippen molar-refractivity contribution in [2.24, 2.45) is 5.92 Å². The fourth-order valence-electron chi connectivity index (χ4n) is 3.30. The number of piperidine rings is 1. The molecule has 3 heteroatoms. The molecule has 112 valence electrons. The van der Waals surface area contributed by atoms with Gasteiger partial charge in [0.05, 0.1) is 10.2 Å². The molecule has 22 heavy (non-hydrogen) atoms. The van der Waals surface area contributed by atoms with Crippen molar-refractivity contribution < 1.29 is 0 Å². The molecule has 4 rings (SSSR count). The Morgan fingerprint density at radius 3 is 2.82 bits per heavy atom. The predicted octanol–water partition coefficient (Wildman–Crippen LogP) is 4.51. The van der Waals surface area contributed by atoms with Crippen molar-refractivity contribution in [1.29, 1.82) is 0 Å². The molecule has 3 aromatic rings. The van der Waals surface area contributed by atoms with Gasteiger partial charge in [-0.05, 0) is 56.0 Å². The molecule has 1 atom stereocenters. The second kappa shape index (κ2) is 6.19. The van der Waals surface area contributed by atoms with Crippen LogP contribution in [-0.4, -0.2) is 18.1 Å². The quantitative estimate of drug-likeness (QED) is 0.770. The molecule has 2 heterocycles. The molecule has 0 bridgehead atoms. The summed E-state index contributed by atoms with van der Waals surface area (Å²) in [6, 6.07) is 17.2. The van der Waals surface area contributed by atoms with Crippen molar-refractivity contribution in [3.05, 3.63) is 54.1 Å². The van der Waals surface area contributed by atoms with E-state index in [0.717, 1.165) is 29.4 Å². The van der Waals surface area contributed by atoms with E-state index in [1.54, 1.807) is 11.3 Å². The van der Waals surface area contributed by atoms with Crippen LogP contribution in [0.4, 0.5) is 0 Å². The number of aromatic nitrogens is 1. The van der Waals surface area contributed by atoms with Gasteiger partial charge in [0.15, 0.2) is 0 Å². The van der Waals surface area contributed by atoms with E-state index >= 15 is 0 Å². The fourth-order valence-corrected chi connectivity index (χ4v) is 4.33. The van der Waals surface area contributed by atoms with Gasteiger partial charge >= 0.3 is 0 Å². The number of nitrogens with zero attached hydrogens (tertiary/aromatic N) is 1. The summed E-state index contributed by atoms with van der Waals surface area (Å²) in [6.45, 7) is 2.32. The van der Waals surface area contributed by atoms with Gasteiger partial charge in [0.2, 0.25) is 0 Å². The maximum Gasteiger partial charge on any atom is 0.124 e. The van der Waals surface area contributed by atoms with Crippen LogP contribution >= 0.6 is 11.3 Å². The van der Waals surface area contributed by atoms with Crippen molar-refractivity contribution in [2.45, 2.75) is 19.3 Å². The largest absolute Gasteiger partial charge is 0.316 e. The monoisotopic (exact) mass is 308 g/mol. The van der Waals surface area contributed by atoms with Crippen molar-refractivity contribution >= 4 is 21.6 Å². The molecule has 0 spiro atoms.